The SMILES string of the molecule is CCC(=O)c1ccccc1N(C)CCC(C)C. The van der Waals surface area contributed by atoms with Crippen molar-refractivity contribution in [1.82, 2.24) is 0 Å². The Morgan fingerprint density at radius 2 is 1.94 bits per heavy atom. The van der Waals surface area contributed by atoms with Crippen LogP contribution < -0.4 is 4.90 Å². The van der Waals surface area contributed by atoms with Gasteiger partial charge in [0.25, 0.3) is 0 Å². The Bertz CT molecular complexity index is 371. The summed E-state index contributed by atoms with van der Waals surface area (Å²) in [6.45, 7) is 7.34. The Morgan fingerprint density at radius 3 is 2.53 bits per heavy atom. The highest BCUT2D eigenvalue weighted by Crippen LogP contribution is 2.21. The third-order valence-corrected chi connectivity index (χ3v) is 2.98. The molecule has 0 aliphatic rings. The number of para-hydroxylation sites is 1. The average Bonchev–Trinajstić information content (AvgIpc) is 2.34. The minimum atomic E-state index is 0.219. The van der Waals surface area contributed by atoms with Gasteiger partial charge in [-0.05, 0) is 24.5 Å². The predicted octanol–water partition coefficient (Wildman–Crippen LogP) is 3.76. The Kier molecular flexibility index (Phi) is 5.20. The molecule has 0 saturated heterocycles. The fraction of sp³-hybridized carbons (Fsp3) is 0.533. The number of rotatable bonds is 6. The molecule has 0 aromatic heterocycles. The van der Waals surface area contributed by atoms with E-state index in [0.717, 1.165) is 24.2 Å². The first kappa shape index (κ1) is 13.8. The van der Waals surface area contributed by atoms with Crippen molar-refractivity contribution in [3.8, 4) is 0 Å². The van der Waals surface area contributed by atoms with Crippen molar-refractivity contribution >= 4 is 11.5 Å². The summed E-state index contributed by atoms with van der Waals surface area (Å²) in [7, 11) is 2.06. The molecule has 0 heterocycles. The average molecular weight is 233 g/mol. The Labute approximate surface area is 105 Å². The van der Waals surface area contributed by atoms with Crippen molar-refractivity contribution in [3.05, 3.63) is 29.8 Å². The van der Waals surface area contributed by atoms with Gasteiger partial charge in [0.1, 0.15) is 0 Å². The molecule has 0 spiro atoms. The van der Waals surface area contributed by atoms with E-state index in [-0.39, 0.29) is 5.78 Å². The number of Topliss-reactive ketones (excluding diaryl/α,β-unsaturated/α-hetero) is 1. The number of benzene rings is 1. The molecule has 0 fully saturated rings. The second-order valence-corrected chi connectivity index (χ2v) is 4.90. The van der Waals surface area contributed by atoms with Crippen LogP contribution in [0.3, 0.4) is 0 Å². The van der Waals surface area contributed by atoms with Crippen molar-refractivity contribution < 1.29 is 4.79 Å². The number of carbonyl (C=O) groups is 1. The maximum atomic E-state index is 11.9. The standard InChI is InChI=1S/C15H23NO/c1-5-15(17)13-8-6-7-9-14(13)16(4)11-10-12(2)3/h6-9,12H,5,10-11H2,1-4H3. The van der Waals surface area contributed by atoms with Gasteiger partial charge < -0.3 is 4.90 Å². The quantitative estimate of drug-likeness (QED) is 0.697. The molecule has 1 rings (SSSR count). The molecule has 0 bridgehead atoms. The smallest absolute Gasteiger partial charge is 0.164 e. The molecule has 0 aliphatic heterocycles. The van der Waals surface area contributed by atoms with Gasteiger partial charge >= 0.3 is 0 Å². The molecule has 2 heteroatoms. The van der Waals surface area contributed by atoms with Crippen molar-refractivity contribution in [2.75, 3.05) is 18.5 Å². The maximum absolute atomic E-state index is 11.9. The van der Waals surface area contributed by atoms with Gasteiger partial charge in [-0.15, -0.1) is 0 Å². The minimum Gasteiger partial charge on any atom is -0.374 e. The van der Waals surface area contributed by atoms with Crippen LogP contribution in [0.5, 0.6) is 0 Å². The largest absolute Gasteiger partial charge is 0.374 e. The van der Waals surface area contributed by atoms with Gasteiger partial charge in [0, 0.05) is 31.3 Å². The molecule has 94 valence electrons. The van der Waals surface area contributed by atoms with Crippen molar-refractivity contribution in [3.63, 3.8) is 0 Å². The molecule has 0 unspecified atom stereocenters. The second kappa shape index (κ2) is 6.43. The summed E-state index contributed by atoms with van der Waals surface area (Å²) in [5.41, 5.74) is 1.90. The normalized spacial score (nSPS) is 10.6. The van der Waals surface area contributed by atoms with E-state index in [1.165, 1.54) is 0 Å². The summed E-state index contributed by atoms with van der Waals surface area (Å²) >= 11 is 0. The van der Waals surface area contributed by atoms with Crippen molar-refractivity contribution in [2.45, 2.75) is 33.6 Å². The molecule has 0 radical (unpaired) electrons. The van der Waals surface area contributed by atoms with Gasteiger partial charge in [0.15, 0.2) is 5.78 Å². The molecule has 0 aliphatic carbocycles. The van der Waals surface area contributed by atoms with Gasteiger partial charge in [-0.25, -0.2) is 0 Å². The fourth-order valence-corrected chi connectivity index (χ4v) is 1.81. The van der Waals surface area contributed by atoms with E-state index in [0.29, 0.717) is 12.3 Å². The second-order valence-electron chi connectivity index (χ2n) is 4.90. The van der Waals surface area contributed by atoms with Crippen LogP contribution in [0.25, 0.3) is 0 Å². The first-order valence-corrected chi connectivity index (χ1v) is 6.39. The molecule has 2 nitrogen and oxygen atoms in total. The summed E-state index contributed by atoms with van der Waals surface area (Å²) < 4.78 is 0. The number of nitrogens with zero attached hydrogens (tertiary/aromatic N) is 1. The summed E-state index contributed by atoms with van der Waals surface area (Å²) in [6, 6.07) is 7.88. The van der Waals surface area contributed by atoms with Crippen LogP contribution in [0, 0.1) is 5.92 Å². The van der Waals surface area contributed by atoms with Gasteiger partial charge in [-0.1, -0.05) is 32.9 Å². The summed E-state index contributed by atoms with van der Waals surface area (Å²) in [4.78, 5) is 14.0. The van der Waals surface area contributed by atoms with E-state index >= 15 is 0 Å². The number of anilines is 1. The zero-order valence-corrected chi connectivity index (χ0v) is 11.4. The van der Waals surface area contributed by atoms with E-state index in [4.69, 9.17) is 0 Å². The highest BCUT2D eigenvalue weighted by Gasteiger charge is 2.12. The molecule has 17 heavy (non-hydrogen) atoms. The van der Waals surface area contributed by atoms with Gasteiger partial charge in [-0.3, -0.25) is 4.79 Å². The third-order valence-electron chi connectivity index (χ3n) is 2.98. The number of carbonyl (C=O) groups excluding carboxylic acids is 1. The number of ketones is 1. The third kappa shape index (κ3) is 3.88. The van der Waals surface area contributed by atoms with E-state index < -0.39 is 0 Å². The highest BCUT2D eigenvalue weighted by molar-refractivity contribution is 6.01. The lowest BCUT2D eigenvalue weighted by Gasteiger charge is -2.22. The zero-order chi connectivity index (χ0) is 12.8. The minimum absolute atomic E-state index is 0.219. The first-order valence-electron chi connectivity index (χ1n) is 6.39. The molecule has 0 N–H and O–H groups in total. The lowest BCUT2D eigenvalue weighted by Crippen LogP contribution is -2.22. The van der Waals surface area contributed by atoms with Crippen LogP contribution in [0.15, 0.2) is 24.3 Å². The van der Waals surface area contributed by atoms with Crippen LogP contribution in [-0.2, 0) is 0 Å². The molecule has 0 amide bonds. The van der Waals surface area contributed by atoms with Crippen LogP contribution in [-0.4, -0.2) is 19.4 Å². The van der Waals surface area contributed by atoms with Gasteiger partial charge in [0.2, 0.25) is 0 Å². The molecular formula is C15H23NO. The maximum Gasteiger partial charge on any atom is 0.164 e. The molecule has 1 aromatic carbocycles. The Hall–Kier alpha value is -1.31. The molecule has 0 saturated carbocycles. The van der Waals surface area contributed by atoms with Crippen LogP contribution in [0.4, 0.5) is 5.69 Å². The Balaban J connectivity index is 2.85. The van der Waals surface area contributed by atoms with Crippen molar-refractivity contribution in [1.29, 1.82) is 0 Å². The summed E-state index contributed by atoms with van der Waals surface area (Å²) in [5, 5.41) is 0. The van der Waals surface area contributed by atoms with E-state index in [9.17, 15) is 4.79 Å². The zero-order valence-electron chi connectivity index (χ0n) is 11.4. The number of hydrogen-bond acceptors (Lipinski definition) is 2. The molecule has 0 atom stereocenters. The molecule has 1 aromatic rings. The highest BCUT2D eigenvalue weighted by atomic mass is 16.1. The van der Waals surface area contributed by atoms with Crippen LogP contribution in [0.2, 0.25) is 0 Å². The molecular weight excluding hydrogens is 210 g/mol. The van der Waals surface area contributed by atoms with Gasteiger partial charge in [-0.2, -0.15) is 0 Å². The van der Waals surface area contributed by atoms with Gasteiger partial charge in [0.05, 0.1) is 0 Å². The van der Waals surface area contributed by atoms with E-state index in [1.54, 1.807) is 0 Å². The van der Waals surface area contributed by atoms with E-state index in [2.05, 4.69) is 25.8 Å². The lowest BCUT2D eigenvalue weighted by atomic mass is 10.0. The fourth-order valence-electron chi connectivity index (χ4n) is 1.81. The first-order chi connectivity index (χ1) is 8.06. The summed E-state index contributed by atoms with van der Waals surface area (Å²) in [6.07, 6.45) is 1.71. The van der Waals surface area contributed by atoms with Crippen LogP contribution >= 0.6 is 0 Å². The monoisotopic (exact) mass is 233 g/mol. The number of hydrogen-bond donors (Lipinski definition) is 0. The summed E-state index contributed by atoms with van der Waals surface area (Å²) in [5.74, 6) is 0.906. The van der Waals surface area contributed by atoms with Crippen LogP contribution in [0.1, 0.15) is 44.0 Å². The topological polar surface area (TPSA) is 20.3 Å². The lowest BCUT2D eigenvalue weighted by molar-refractivity contribution is 0.0988. The predicted molar refractivity (Wildman–Crippen MR) is 73.8 cm³/mol. The Morgan fingerprint density at radius 1 is 1.29 bits per heavy atom. The van der Waals surface area contributed by atoms with Crippen molar-refractivity contribution in [2.24, 2.45) is 5.92 Å². The van der Waals surface area contributed by atoms with E-state index in [1.807, 2.05) is 31.2 Å².